The van der Waals surface area contributed by atoms with Crippen LogP contribution in [0, 0.1) is 0 Å². The van der Waals surface area contributed by atoms with Gasteiger partial charge >= 0.3 is 0 Å². The Hall–Kier alpha value is -0.630. The van der Waals surface area contributed by atoms with Crippen molar-refractivity contribution < 1.29 is 9.84 Å². The molecule has 16 heavy (non-hydrogen) atoms. The van der Waals surface area contributed by atoms with E-state index in [1.54, 1.807) is 11.8 Å². The summed E-state index contributed by atoms with van der Waals surface area (Å²) in [6.07, 6.45) is 0. The predicted octanol–water partition coefficient (Wildman–Crippen LogP) is -0.142. The SMILES string of the molecule is CCn1c(CN)nnc1SCCOCCO. The summed E-state index contributed by atoms with van der Waals surface area (Å²) in [6.45, 7) is 4.30. The van der Waals surface area contributed by atoms with E-state index in [0.717, 1.165) is 23.3 Å². The van der Waals surface area contributed by atoms with Crippen molar-refractivity contribution in [3.8, 4) is 0 Å². The van der Waals surface area contributed by atoms with Crippen LogP contribution in [0.2, 0.25) is 0 Å². The monoisotopic (exact) mass is 246 g/mol. The Morgan fingerprint density at radius 2 is 2.25 bits per heavy atom. The molecule has 1 rings (SSSR count). The zero-order valence-corrected chi connectivity index (χ0v) is 10.2. The van der Waals surface area contributed by atoms with E-state index in [1.165, 1.54) is 0 Å². The van der Waals surface area contributed by atoms with Crippen LogP contribution >= 0.6 is 11.8 Å². The van der Waals surface area contributed by atoms with Crippen LogP contribution in [0.25, 0.3) is 0 Å². The third-order valence-corrected chi connectivity index (χ3v) is 2.92. The summed E-state index contributed by atoms with van der Waals surface area (Å²) in [6, 6.07) is 0. The maximum Gasteiger partial charge on any atom is 0.191 e. The van der Waals surface area contributed by atoms with Crippen LogP contribution in [-0.4, -0.2) is 45.4 Å². The lowest BCUT2D eigenvalue weighted by Crippen LogP contribution is -2.08. The van der Waals surface area contributed by atoms with E-state index >= 15 is 0 Å². The lowest BCUT2D eigenvalue weighted by Gasteiger charge is -2.05. The van der Waals surface area contributed by atoms with Crippen molar-refractivity contribution in [2.45, 2.75) is 25.2 Å². The van der Waals surface area contributed by atoms with Crippen LogP contribution in [0.3, 0.4) is 0 Å². The normalized spacial score (nSPS) is 10.9. The molecule has 0 aliphatic carbocycles. The first-order valence-corrected chi connectivity index (χ1v) is 6.25. The van der Waals surface area contributed by atoms with E-state index in [1.807, 2.05) is 11.5 Å². The Morgan fingerprint density at radius 1 is 1.44 bits per heavy atom. The van der Waals surface area contributed by atoms with E-state index in [-0.39, 0.29) is 6.61 Å². The number of nitrogens with zero attached hydrogens (tertiary/aromatic N) is 3. The van der Waals surface area contributed by atoms with Crippen LogP contribution in [-0.2, 0) is 17.8 Å². The third kappa shape index (κ3) is 3.75. The van der Waals surface area contributed by atoms with E-state index < -0.39 is 0 Å². The van der Waals surface area contributed by atoms with Crippen molar-refractivity contribution in [2.75, 3.05) is 25.6 Å². The van der Waals surface area contributed by atoms with Crippen molar-refractivity contribution in [3.63, 3.8) is 0 Å². The van der Waals surface area contributed by atoms with Crippen molar-refractivity contribution in [3.05, 3.63) is 5.82 Å². The number of aliphatic hydroxyl groups excluding tert-OH is 1. The van der Waals surface area contributed by atoms with Gasteiger partial charge in [-0.3, -0.25) is 0 Å². The highest BCUT2D eigenvalue weighted by atomic mass is 32.2. The van der Waals surface area contributed by atoms with Gasteiger partial charge in [0.05, 0.1) is 26.4 Å². The van der Waals surface area contributed by atoms with E-state index in [4.69, 9.17) is 15.6 Å². The third-order valence-electron chi connectivity index (χ3n) is 1.99. The molecule has 0 fully saturated rings. The van der Waals surface area contributed by atoms with Gasteiger partial charge in [-0.1, -0.05) is 11.8 Å². The zero-order chi connectivity index (χ0) is 11.8. The summed E-state index contributed by atoms with van der Waals surface area (Å²) in [7, 11) is 0. The van der Waals surface area contributed by atoms with Crippen LogP contribution in [0.1, 0.15) is 12.7 Å². The fourth-order valence-electron chi connectivity index (χ4n) is 1.25. The van der Waals surface area contributed by atoms with Crippen molar-refractivity contribution in [1.29, 1.82) is 0 Å². The number of ether oxygens (including phenoxy) is 1. The number of aromatic nitrogens is 3. The number of thioether (sulfide) groups is 1. The van der Waals surface area contributed by atoms with Crippen LogP contribution < -0.4 is 5.73 Å². The Kier molecular flexibility index (Phi) is 6.39. The molecular formula is C9H18N4O2S. The summed E-state index contributed by atoms with van der Waals surface area (Å²) in [5, 5.41) is 17.5. The number of hydrogen-bond acceptors (Lipinski definition) is 6. The maximum absolute atomic E-state index is 8.53. The molecule has 1 aromatic heterocycles. The van der Waals surface area contributed by atoms with E-state index in [0.29, 0.717) is 19.8 Å². The second-order valence-electron chi connectivity index (χ2n) is 3.03. The van der Waals surface area contributed by atoms with Gasteiger partial charge in [-0.05, 0) is 6.92 Å². The highest BCUT2D eigenvalue weighted by Gasteiger charge is 2.09. The second kappa shape index (κ2) is 7.61. The van der Waals surface area contributed by atoms with Crippen LogP contribution in [0.5, 0.6) is 0 Å². The first-order chi connectivity index (χ1) is 7.83. The molecule has 0 bridgehead atoms. The molecule has 3 N–H and O–H groups in total. The molecule has 0 atom stereocenters. The first kappa shape index (κ1) is 13.4. The summed E-state index contributed by atoms with van der Waals surface area (Å²) in [4.78, 5) is 0. The van der Waals surface area contributed by atoms with Gasteiger partial charge in [0.15, 0.2) is 5.16 Å². The Bertz CT molecular complexity index is 306. The van der Waals surface area contributed by atoms with Gasteiger partial charge in [-0.2, -0.15) is 0 Å². The molecule has 0 aromatic carbocycles. The minimum Gasteiger partial charge on any atom is -0.394 e. The van der Waals surface area contributed by atoms with Gasteiger partial charge in [0, 0.05) is 12.3 Å². The fourth-order valence-corrected chi connectivity index (χ4v) is 2.13. The fraction of sp³-hybridized carbons (Fsp3) is 0.778. The average Bonchev–Trinajstić information content (AvgIpc) is 2.71. The summed E-state index contributed by atoms with van der Waals surface area (Å²) >= 11 is 1.59. The highest BCUT2D eigenvalue weighted by Crippen LogP contribution is 2.16. The zero-order valence-electron chi connectivity index (χ0n) is 9.43. The smallest absolute Gasteiger partial charge is 0.191 e. The number of nitrogens with two attached hydrogens (primary N) is 1. The molecule has 0 amide bonds. The van der Waals surface area contributed by atoms with Crippen LogP contribution in [0.15, 0.2) is 5.16 Å². The summed E-state index contributed by atoms with van der Waals surface area (Å²) in [5.74, 6) is 1.60. The number of rotatable bonds is 8. The molecule has 1 heterocycles. The Balaban J connectivity index is 2.38. The van der Waals surface area contributed by atoms with Gasteiger partial charge in [0.25, 0.3) is 0 Å². The number of hydrogen-bond donors (Lipinski definition) is 2. The second-order valence-corrected chi connectivity index (χ2v) is 4.09. The molecule has 92 valence electrons. The molecule has 0 spiro atoms. The topological polar surface area (TPSA) is 86.2 Å². The minimum atomic E-state index is 0.0626. The molecule has 0 saturated heterocycles. The van der Waals surface area contributed by atoms with Gasteiger partial charge < -0.3 is 20.1 Å². The van der Waals surface area contributed by atoms with Crippen molar-refractivity contribution in [2.24, 2.45) is 5.73 Å². The molecule has 0 aliphatic heterocycles. The summed E-state index contributed by atoms with van der Waals surface area (Å²) < 4.78 is 7.15. The maximum atomic E-state index is 8.53. The molecule has 0 saturated carbocycles. The van der Waals surface area contributed by atoms with Gasteiger partial charge in [-0.25, -0.2) is 0 Å². The molecule has 0 radical (unpaired) electrons. The Labute approximate surface area is 99.2 Å². The quantitative estimate of drug-likeness (QED) is 0.490. The molecule has 0 unspecified atom stereocenters. The molecule has 6 nitrogen and oxygen atoms in total. The average molecular weight is 246 g/mol. The van der Waals surface area contributed by atoms with Crippen LogP contribution in [0.4, 0.5) is 0 Å². The van der Waals surface area contributed by atoms with Gasteiger partial charge in [-0.15, -0.1) is 10.2 Å². The molecule has 7 heteroatoms. The molecule has 1 aromatic rings. The van der Waals surface area contributed by atoms with Crippen molar-refractivity contribution >= 4 is 11.8 Å². The highest BCUT2D eigenvalue weighted by molar-refractivity contribution is 7.99. The molecule has 0 aliphatic rings. The Morgan fingerprint density at radius 3 is 2.88 bits per heavy atom. The standard InChI is InChI=1S/C9H18N4O2S/c1-2-13-8(7-10)11-12-9(13)16-6-5-15-4-3-14/h14H,2-7,10H2,1H3. The number of aliphatic hydroxyl groups is 1. The predicted molar refractivity (Wildman–Crippen MR) is 62.2 cm³/mol. The lowest BCUT2D eigenvalue weighted by molar-refractivity contribution is 0.103. The van der Waals surface area contributed by atoms with Gasteiger partial charge in [0.1, 0.15) is 5.82 Å². The lowest BCUT2D eigenvalue weighted by atomic mass is 10.6. The minimum absolute atomic E-state index is 0.0626. The van der Waals surface area contributed by atoms with Crippen molar-refractivity contribution in [1.82, 2.24) is 14.8 Å². The molecular weight excluding hydrogens is 228 g/mol. The first-order valence-electron chi connectivity index (χ1n) is 5.27. The van der Waals surface area contributed by atoms with E-state index in [2.05, 4.69) is 10.2 Å². The van der Waals surface area contributed by atoms with Gasteiger partial charge in [0.2, 0.25) is 0 Å². The van der Waals surface area contributed by atoms with E-state index in [9.17, 15) is 0 Å². The summed E-state index contributed by atoms with van der Waals surface area (Å²) in [5.41, 5.74) is 5.55. The largest absolute Gasteiger partial charge is 0.394 e.